The largest absolute Gasteiger partial charge is 0.366 e. The zero-order chi connectivity index (χ0) is 16.7. The summed E-state index contributed by atoms with van der Waals surface area (Å²) in [5.41, 5.74) is 11.0. The van der Waals surface area contributed by atoms with Gasteiger partial charge in [-0.15, -0.1) is 11.3 Å². The number of aromatic amines is 1. The lowest BCUT2D eigenvalue weighted by molar-refractivity contribution is 0.100. The molecule has 2 aromatic heterocycles. The Morgan fingerprint density at radius 2 is 2.00 bits per heavy atom. The van der Waals surface area contributed by atoms with Gasteiger partial charge in [0.05, 0.1) is 5.69 Å². The lowest BCUT2D eigenvalue weighted by Gasteiger charge is -2.00. The number of benzene rings is 2. The predicted octanol–water partition coefficient (Wildman–Crippen LogP) is 4.37. The molecule has 0 bridgehead atoms. The van der Waals surface area contributed by atoms with Gasteiger partial charge >= 0.3 is 0 Å². The number of fused-ring (bicyclic) bond motifs is 1. The molecule has 0 aliphatic carbocycles. The average Bonchev–Trinajstić information content (AvgIpc) is 3.18. The van der Waals surface area contributed by atoms with Crippen LogP contribution in [0.15, 0.2) is 53.9 Å². The van der Waals surface area contributed by atoms with Crippen LogP contribution in [0, 0.1) is 6.92 Å². The molecule has 118 valence electrons. The van der Waals surface area contributed by atoms with Gasteiger partial charge in [0.25, 0.3) is 0 Å². The molecule has 3 N–H and O–H groups in total. The number of hydrogen-bond donors (Lipinski definition) is 2. The first-order valence-corrected chi connectivity index (χ1v) is 8.45. The second-order valence-electron chi connectivity index (χ2n) is 5.65. The highest BCUT2D eigenvalue weighted by Gasteiger charge is 2.14. The number of rotatable bonds is 3. The summed E-state index contributed by atoms with van der Waals surface area (Å²) in [6, 6.07) is 15.5. The number of nitrogens with one attached hydrogen (secondary N) is 1. The molecule has 24 heavy (non-hydrogen) atoms. The van der Waals surface area contributed by atoms with Crippen LogP contribution in [0.4, 0.5) is 0 Å². The third-order valence-electron chi connectivity index (χ3n) is 4.05. The van der Waals surface area contributed by atoms with Crippen molar-refractivity contribution in [1.29, 1.82) is 0 Å². The Morgan fingerprint density at radius 1 is 1.17 bits per heavy atom. The predicted molar refractivity (Wildman–Crippen MR) is 98.1 cm³/mol. The van der Waals surface area contributed by atoms with Gasteiger partial charge in [0.2, 0.25) is 5.91 Å². The van der Waals surface area contributed by atoms with Gasteiger partial charge in [0, 0.05) is 38.7 Å². The molecular weight excluding hydrogens is 318 g/mol. The maximum atomic E-state index is 11.4. The molecule has 2 aromatic carbocycles. The lowest BCUT2D eigenvalue weighted by Crippen LogP contribution is -2.10. The second-order valence-corrected chi connectivity index (χ2v) is 6.51. The molecule has 0 aliphatic heterocycles. The Morgan fingerprint density at radius 3 is 2.83 bits per heavy atom. The van der Waals surface area contributed by atoms with E-state index in [2.05, 4.69) is 29.4 Å². The van der Waals surface area contributed by atoms with Crippen LogP contribution < -0.4 is 5.73 Å². The van der Waals surface area contributed by atoms with E-state index in [0.717, 1.165) is 38.4 Å². The molecule has 0 aliphatic rings. The van der Waals surface area contributed by atoms with Crippen LogP contribution >= 0.6 is 11.3 Å². The number of nitrogens with zero attached hydrogens (tertiary/aromatic N) is 1. The third-order valence-corrected chi connectivity index (χ3v) is 4.94. The van der Waals surface area contributed by atoms with E-state index in [-0.39, 0.29) is 0 Å². The first kappa shape index (κ1) is 14.7. The van der Waals surface area contributed by atoms with Crippen molar-refractivity contribution in [3.05, 3.63) is 65.2 Å². The van der Waals surface area contributed by atoms with Crippen LogP contribution in [-0.2, 0) is 0 Å². The first-order chi connectivity index (χ1) is 11.6. The van der Waals surface area contributed by atoms with Gasteiger partial charge in [-0.05, 0) is 25.1 Å². The zero-order valence-corrected chi connectivity index (χ0v) is 13.9. The fourth-order valence-electron chi connectivity index (χ4n) is 2.93. The Bertz CT molecular complexity index is 1060. The monoisotopic (exact) mass is 333 g/mol. The number of amides is 1. The number of aromatic nitrogens is 2. The molecule has 5 heteroatoms. The van der Waals surface area contributed by atoms with E-state index in [0.29, 0.717) is 5.56 Å². The minimum atomic E-state index is -0.430. The normalized spacial score (nSPS) is 11.0. The van der Waals surface area contributed by atoms with Crippen molar-refractivity contribution in [3.8, 4) is 21.8 Å². The molecular formula is C19H15N3OS. The van der Waals surface area contributed by atoms with Crippen molar-refractivity contribution in [2.75, 3.05) is 0 Å². The Labute approximate surface area is 143 Å². The first-order valence-electron chi connectivity index (χ1n) is 7.57. The summed E-state index contributed by atoms with van der Waals surface area (Å²) >= 11 is 1.56. The average molecular weight is 333 g/mol. The Kier molecular flexibility index (Phi) is 3.43. The van der Waals surface area contributed by atoms with Crippen molar-refractivity contribution in [2.45, 2.75) is 6.92 Å². The summed E-state index contributed by atoms with van der Waals surface area (Å²) in [6.07, 6.45) is 0. The molecule has 4 nitrogen and oxygen atoms in total. The summed E-state index contributed by atoms with van der Waals surface area (Å²) in [6.45, 7) is 2.06. The topological polar surface area (TPSA) is 71.8 Å². The van der Waals surface area contributed by atoms with Gasteiger partial charge in [-0.3, -0.25) is 4.79 Å². The second kappa shape index (κ2) is 5.62. The molecule has 4 rings (SSSR count). The maximum absolute atomic E-state index is 11.4. The maximum Gasteiger partial charge on any atom is 0.248 e. The standard InChI is InChI=1S/C19H15N3OS/c1-11-17(14-7-2-3-8-15(14)21-11)16-10-24-19(22-16)13-6-4-5-12(9-13)18(20)23/h2-10,21H,1H3,(H2,20,23). The van der Waals surface area contributed by atoms with Crippen LogP contribution in [-0.4, -0.2) is 15.9 Å². The minimum Gasteiger partial charge on any atom is -0.366 e. The fraction of sp³-hybridized carbons (Fsp3) is 0.0526. The summed E-state index contributed by atoms with van der Waals surface area (Å²) in [7, 11) is 0. The van der Waals surface area contributed by atoms with Gasteiger partial charge in [-0.2, -0.15) is 0 Å². The van der Waals surface area contributed by atoms with Gasteiger partial charge in [0.15, 0.2) is 0 Å². The molecule has 0 radical (unpaired) electrons. The van der Waals surface area contributed by atoms with Gasteiger partial charge in [-0.25, -0.2) is 4.98 Å². The number of H-pyrrole nitrogens is 1. The van der Waals surface area contributed by atoms with Crippen LogP contribution in [0.25, 0.3) is 32.7 Å². The van der Waals surface area contributed by atoms with Crippen LogP contribution in [0.3, 0.4) is 0 Å². The SMILES string of the molecule is Cc1[nH]c2ccccc2c1-c1csc(-c2cccc(C(N)=O)c2)n1. The number of carbonyl (C=O) groups is 1. The molecule has 0 saturated heterocycles. The number of carbonyl (C=O) groups excluding carboxylic acids is 1. The molecule has 0 atom stereocenters. The van der Waals surface area contributed by atoms with Crippen LogP contribution in [0.5, 0.6) is 0 Å². The highest BCUT2D eigenvalue weighted by atomic mass is 32.1. The molecule has 0 spiro atoms. The summed E-state index contributed by atoms with van der Waals surface area (Å²) in [4.78, 5) is 19.6. The molecule has 0 fully saturated rings. The van der Waals surface area contributed by atoms with E-state index < -0.39 is 5.91 Å². The van der Waals surface area contributed by atoms with Crippen molar-refractivity contribution in [3.63, 3.8) is 0 Å². The molecule has 1 amide bonds. The molecule has 0 unspecified atom stereocenters. The van der Waals surface area contributed by atoms with E-state index in [1.165, 1.54) is 0 Å². The van der Waals surface area contributed by atoms with E-state index in [1.807, 2.05) is 24.3 Å². The van der Waals surface area contributed by atoms with E-state index >= 15 is 0 Å². The lowest BCUT2D eigenvalue weighted by atomic mass is 10.1. The smallest absolute Gasteiger partial charge is 0.248 e. The highest BCUT2D eigenvalue weighted by Crippen LogP contribution is 2.35. The van der Waals surface area contributed by atoms with Crippen molar-refractivity contribution in [1.82, 2.24) is 9.97 Å². The molecule has 4 aromatic rings. The van der Waals surface area contributed by atoms with Crippen LogP contribution in [0.1, 0.15) is 16.1 Å². The van der Waals surface area contributed by atoms with Crippen molar-refractivity contribution >= 4 is 28.1 Å². The third kappa shape index (κ3) is 2.39. The minimum absolute atomic E-state index is 0.430. The number of aryl methyl sites for hydroxylation is 1. The van der Waals surface area contributed by atoms with E-state index in [4.69, 9.17) is 10.7 Å². The summed E-state index contributed by atoms with van der Waals surface area (Å²) < 4.78 is 0. The van der Waals surface area contributed by atoms with Gasteiger partial charge in [0.1, 0.15) is 5.01 Å². The summed E-state index contributed by atoms with van der Waals surface area (Å²) in [5.74, 6) is -0.430. The number of primary amides is 1. The van der Waals surface area contributed by atoms with E-state index in [1.54, 1.807) is 23.5 Å². The fourth-order valence-corrected chi connectivity index (χ4v) is 3.74. The molecule has 2 heterocycles. The number of hydrogen-bond acceptors (Lipinski definition) is 3. The Balaban J connectivity index is 1.81. The van der Waals surface area contributed by atoms with E-state index in [9.17, 15) is 4.79 Å². The highest BCUT2D eigenvalue weighted by molar-refractivity contribution is 7.13. The summed E-state index contributed by atoms with van der Waals surface area (Å²) in [5, 5.41) is 4.09. The Hall–Kier alpha value is -2.92. The van der Waals surface area contributed by atoms with Crippen molar-refractivity contribution in [2.24, 2.45) is 5.73 Å². The molecule has 0 saturated carbocycles. The zero-order valence-electron chi connectivity index (χ0n) is 13.0. The number of para-hydroxylation sites is 1. The quantitative estimate of drug-likeness (QED) is 0.584. The van der Waals surface area contributed by atoms with Crippen LogP contribution in [0.2, 0.25) is 0 Å². The number of thiazole rings is 1. The van der Waals surface area contributed by atoms with Gasteiger partial charge in [-0.1, -0.05) is 30.3 Å². The van der Waals surface area contributed by atoms with Crippen molar-refractivity contribution < 1.29 is 4.79 Å². The number of nitrogens with two attached hydrogens (primary N) is 1. The van der Waals surface area contributed by atoms with Gasteiger partial charge < -0.3 is 10.7 Å².